The molecule has 0 saturated heterocycles. The smallest absolute Gasteiger partial charge is 0.321 e. The van der Waals surface area contributed by atoms with Crippen LogP contribution in [0.2, 0.25) is 0 Å². The highest BCUT2D eigenvalue weighted by molar-refractivity contribution is 5.94. The first kappa shape index (κ1) is 15.5. The molecule has 2 rings (SSSR count). The molecule has 0 radical (unpaired) electrons. The molecular weight excluding hydrogens is 291 g/mol. The summed E-state index contributed by atoms with van der Waals surface area (Å²) in [7, 11) is 0. The Morgan fingerprint density at radius 1 is 1.27 bits per heavy atom. The van der Waals surface area contributed by atoms with Crippen LogP contribution < -0.4 is 10.6 Å². The van der Waals surface area contributed by atoms with E-state index in [1.165, 1.54) is 24.3 Å². The fraction of sp³-hybridized carbons (Fsp3) is 0.308. The molecule has 0 saturated carbocycles. The van der Waals surface area contributed by atoms with Crippen LogP contribution in [0.4, 0.5) is 9.18 Å². The first-order chi connectivity index (χ1) is 10.6. The average Bonchev–Trinajstić information content (AvgIpc) is 2.94. The predicted molar refractivity (Wildman–Crippen MR) is 75.0 cm³/mol. The molecule has 22 heavy (non-hydrogen) atoms. The molecule has 0 fully saturated rings. The molecule has 116 valence electrons. The first-order valence-corrected chi connectivity index (χ1v) is 6.70. The maximum atomic E-state index is 12.8. The maximum absolute atomic E-state index is 12.8. The standard InChI is InChI=1S/C13H15FN6O2/c1-2-7-15-13(22)16-11(21)8-20-18-12(17-19-20)9-3-5-10(14)6-4-9/h3-6H,2,7-8H2,1H3,(H2,15,16,21,22). The molecule has 0 bridgehead atoms. The molecule has 9 heteroatoms. The van der Waals surface area contributed by atoms with E-state index in [0.717, 1.165) is 11.2 Å². The lowest BCUT2D eigenvalue weighted by atomic mass is 10.2. The van der Waals surface area contributed by atoms with Gasteiger partial charge in [-0.15, -0.1) is 10.2 Å². The summed E-state index contributed by atoms with van der Waals surface area (Å²) in [4.78, 5) is 24.0. The largest absolute Gasteiger partial charge is 0.338 e. The van der Waals surface area contributed by atoms with Crippen molar-refractivity contribution >= 4 is 11.9 Å². The Hall–Kier alpha value is -2.84. The van der Waals surface area contributed by atoms with Crippen molar-refractivity contribution < 1.29 is 14.0 Å². The second kappa shape index (κ2) is 7.25. The minimum absolute atomic E-state index is 0.242. The van der Waals surface area contributed by atoms with Crippen molar-refractivity contribution in [3.63, 3.8) is 0 Å². The van der Waals surface area contributed by atoms with Crippen molar-refractivity contribution in [1.29, 1.82) is 0 Å². The summed E-state index contributed by atoms with van der Waals surface area (Å²) in [5.41, 5.74) is 0.578. The van der Waals surface area contributed by atoms with Gasteiger partial charge in [0.15, 0.2) is 0 Å². The lowest BCUT2D eigenvalue weighted by Gasteiger charge is -2.04. The highest BCUT2D eigenvalue weighted by atomic mass is 19.1. The molecule has 2 aromatic rings. The Morgan fingerprint density at radius 2 is 2.00 bits per heavy atom. The molecule has 0 unspecified atom stereocenters. The quantitative estimate of drug-likeness (QED) is 0.847. The molecule has 1 heterocycles. The minimum Gasteiger partial charge on any atom is -0.338 e. The van der Waals surface area contributed by atoms with Crippen LogP contribution in [0.25, 0.3) is 11.4 Å². The van der Waals surface area contributed by atoms with Crippen molar-refractivity contribution in [2.75, 3.05) is 6.54 Å². The Balaban J connectivity index is 1.93. The van der Waals surface area contributed by atoms with E-state index >= 15 is 0 Å². The number of halogens is 1. The van der Waals surface area contributed by atoms with Crippen molar-refractivity contribution in [2.24, 2.45) is 0 Å². The third kappa shape index (κ3) is 4.33. The number of carbonyl (C=O) groups is 2. The zero-order valence-electron chi connectivity index (χ0n) is 11.9. The number of tetrazole rings is 1. The van der Waals surface area contributed by atoms with Crippen molar-refractivity contribution in [2.45, 2.75) is 19.9 Å². The number of hydrogen-bond acceptors (Lipinski definition) is 5. The van der Waals surface area contributed by atoms with Gasteiger partial charge in [-0.2, -0.15) is 4.80 Å². The summed E-state index contributed by atoms with van der Waals surface area (Å²) >= 11 is 0. The highest BCUT2D eigenvalue weighted by Gasteiger charge is 2.11. The highest BCUT2D eigenvalue weighted by Crippen LogP contribution is 2.13. The van der Waals surface area contributed by atoms with E-state index in [1.54, 1.807) is 0 Å². The van der Waals surface area contributed by atoms with Crippen LogP contribution in [0, 0.1) is 5.82 Å². The van der Waals surface area contributed by atoms with E-state index in [2.05, 4.69) is 26.0 Å². The number of amides is 3. The summed E-state index contributed by atoms with van der Waals surface area (Å²) in [5, 5.41) is 16.2. The Bertz CT molecular complexity index is 655. The number of hydrogen-bond donors (Lipinski definition) is 2. The molecule has 1 aromatic carbocycles. The van der Waals surface area contributed by atoms with E-state index in [4.69, 9.17) is 0 Å². The van der Waals surface area contributed by atoms with Crippen molar-refractivity contribution in [3.8, 4) is 11.4 Å². The first-order valence-electron chi connectivity index (χ1n) is 6.70. The fourth-order valence-corrected chi connectivity index (χ4v) is 1.60. The van der Waals surface area contributed by atoms with Crippen LogP contribution in [0.1, 0.15) is 13.3 Å². The number of benzene rings is 1. The molecule has 0 spiro atoms. The van der Waals surface area contributed by atoms with Crippen LogP contribution in [0.3, 0.4) is 0 Å². The number of rotatable bonds is 5. The van der Waals surface area contributed by atoms with Gasteiger partial charge in [0.1, 0.15) is 12.4 Å². The van der Waals surface area contributed by atoms with Crippen LogP contribution >= 0.6 is 0 Å². The van der Waals surface area contributed by atoms with Gasteiger partial charge in [0, 0.05) is 12.1 Å². The number of aromatic nitrogens is 4. The number of nitrogens with one attached hydrogen (secondary N) is 2. The monoisotopic (exact) mass is 306 g/mol. The number of carbonyl (C=O) groups excluding carboxylic acids is 2. The molecule has 8 nitrogen and oxygen atoms in total. The van der Waals surface area contributed by atoms with Gasteiger partial charge in [-0.3, -0.25) is 10.1 Å². The third-order valence-corrected chi connectivity index (χ3v) is 2.63. The van der Waals surface area contributed by atoms with E-state index in [9.17, 15) is 14.0 Å². The van der Waals surface area contributed by atoms with Gasteiger partial charge in [0.05, 0.1) is 0 Å². The average molecular weight is 306 g/mol. The van der Waals surface area contributed by atoms with Crippen molar-refractivity contribution in [3.05, 3.63) is 30.1 Å². The predicted octanol–water partition coefficient (Wildman–Crippen LogP) is 0.715. The molecule has 0 aliphatic carbocycles. The number of imide groups is 1. The van der Waals surface area contributed by atoms with Crippen LogP contribution in [-0.2, 0) is 11.3 Å². The van der Waals surface area contributed by atoms with Crippen LogP contribution in [-0.4, -0.2) is 38.7 Å². The van der Waals surface area contributed by atoms with Gasteiger partial charge in [-0.05, 0) is 35.9 Å². The lowest BCUT2D eigenvalue weighted by molar-refractivity contribution is -0.121. The van der Waals surface area contributed by atoms with E-state index < -0.39 is 11.9 Å². The zero-order chi connectivity index (χ0) is 15.9. The molecule has 2 N–H and O–H groups in total. The van der Waals surface area contributed by atoms with Gasteiger partial charge < -0.3 is 5.32 Å². The topological polar surface area (TPSA) is 102 Å². The summed E-state index contributed by atoms with van der Waals surface area (Å²) in [6, 6.07) is 5.01. The van der Waals surface area contributed by atoms with Crippen molar-refractivity contribution in [1.82, 2.24) is 30.8 Å². The lowest BCUT2D eigenvalue weighted by Crippen LogP contribution is -2.41. The van der Waals surface area contributed by atoms with E-state index in [1.807, 2.05) is 6.92 Å². The molecule has 0 aliphatic heterocycles. The van der Waals surface area contributed by atoms with Gasteiger partial charge >= 0.3 is 6.03 Å². The normalized spacial score (nSPS) is 10.3. The molecule has 0 atom stereocenters. The molecule has 1 aromatic heterocycles. The second-order valence-electron chi connectivity index (χ2n) is 4.45. The maximum Gasteiger partial charge on any atom is 0.321 e. The Kier molecular flexibility index (Phi) is 5.12. The van der Waals surface area contributed by atoms with Crippen LogP contribution in [0.5, 0.6) is 0 Å². The molecule has 3 amide bonds. The van der Waals surface area contributed by atoms with Gasteiger partial charge in [-0.1, -0.05) is 6.92 Å². The number of nitrogens with zero attached hydrogens (tertiary/aromatic N) is 4. The summed E-state index contributed by atoms with van der Waals surface area (Å²) in [6.07, 6.45) is 0.771. The molecular formula is C13H15FN6O2. The SMILES string of the molecule is CCCNC(=O)NC(=O)Cn1nnc(-c2ccc(F)cc2)n1. The molecule has 0 aliphatic rings. The van der Waals surface area contributed by atoms with Gasteiger partial charge in [0.2, 0.25) is 5.82 Å². The van der Waals surface area contributed by atoms with E-state index in [0.29, 0.717) is 12.1 Å². The minimum atomic E-state index is -0.564. The van der Waals surface area contributed by atoms with Gasteiger partial charge in [0.25, 0.3) is 5.91 Å². The Morgan fingerprint density at radius 3 is 2.68 bits per heavy atom. The zero-order valence-corrected chi connectivity index (χ0v) is 11.9. The number of urea groups is 1. The van der Waals surface area contributed by atoms with Crippen LogP contribution in [0.15, 0.2) is 24.3 Å². The summed E-state index contributed by atoms with van der Waals surface area (Å²) in [5.74, 6) is -0.659. The Labute approximate surface area is 125 Å². The second-order valence-corrected chi connectivity index (χ2v) is 4.45. The summed E-state index contributed by atoms with van der Waals surface area (Å²) in [6.45, 7) is 2.14. The fourth-order valence-electron chi connectivity index (χ4n) is 1.60. The van der Waals surface area contributed by atoms with Gasteiger partial charge in [-0.25, -0.2) is 9.18 Å². The summed E-state index contributed by atoms with van der Waals surface area (Å²) < 4.78 is 12.8. The third-order valence-electron chi connectivity index (χ3n) is 2.63. The van der Waals surface area contributed by atoms with E-state index in [-0.39, 0.29) is 18.2 Å².